The van der Waals surface area contributed by atoms with Crippen molar-refractivity contribution in [2.75, 3.05) is 12.4 Å². The fourth-order valence-corrected chi connectivity index (χ4v) is 1.85. The first-order valence-electron chi connectivity index (χ1n) is 5.44. The summed E-state index contributed by atoms with van der Waals surface area (Å²) in [6.07, 6.45) is 3.97. The van der Waals surface area contributed by atoms with Crippen LogP contribution in [0.15, 0.2) is 42.7 Å². The maximum Gasteiger partial charge on any atom is 0.0669 e. The molecular formula is C14H13N3. The van der Waals surface area contributed by atoms with Crippen molar-refractivity contribution < 1.29 is 0 Å². The van der Waals surface area contributed by atoms with Crippen molar-refractivity contribution in [1.82, 2.24) is 4.98 Å². The number of rotatable bonds is 3. The monoisotopic (exact) mass is 223 g/mol. The van der Waals surface area contributed by atoms with Crippen LogP contribution >= 0.6 is 0 Å². The lowest BCUT2D eigenvalue weighted by atomic mass is 9.98. The number of aromatic nitrogens is 1. The topological polar surface area (TPSA) is 48.7 Å². The number of anilines is 1. The molecule has 17 heavy (non-hydrogen) atoms. The summed E-state index contributed by atoms with van der Waals surface area (Å²) in [5, 5.41) is 12.0. The Labute approximate surface area is 101 Å². The highest BCUT2D eigenvalue weighted by atomic mass is 14.8. The van der Waals surface area contributed by atoms with E-state index in [1.165, 1.54) is 0 Å². The molecule has 1 aromatic heterocycles. The van der Waals surface area contributed by atoms with Gasteiger partial charge in [-0.3, -0.25) is 4.98 Å². The summed E-state index contributed by atoms with van der Waals surface area (Å²) in [7, 11) is 1.87. The molecule has 0 fully saturated rings. The molecule has 0 radical (unpaired) electrons. The van der Waals surface area contributed by atoms with Crippen LogP contribution in [-0.2, 0) is 6.42 Å². The minimum absolute atomic E-state index is 0.418. The van der Waals surface area contributed by atoms with E-state index in [-0.39, 0.29) is 0 Å². The minimum atomic E-state index is 0.418. The second-order valence-corrected chi connectivity index (χ2v) is 3.66. The Kier molecular flexibility index (Phi) is 3.37. The summed E-state index contributed by atoms with van der Waals surface area (Å²) >= 11 is 0. The first kappa shape index (κ1) is 11.2. The molecule has 0 bridgehead atoms. The van der Waals surface area contributed by atoms with Gasteiger partial charge in [0.05, 0.1) is 24.4 Å². The van der Waals surface area contributed by atoms with Crippen LogP contribution in [0.25, 0.3) is 11.1 Å². The average molecular weight is 223 g/mol. The van der Waals surface area contributed by atoms with Crippen molar-refractivity contribution in [2.45, 2.75) is 6.42 Å². The van der Waals surface area contributed by atoms with Crippen LogP contribution in [0.3, 0.4) is 0 Å². The fourth-order valence-electron chi connectivity index (χ4n) is 1.85. The van der Waals surface area contributed by atoms with Crippen LogP contribution in [0, 0.1) is 11.3 Å². The molecule has 1 heterocycles. The molecule has 3 nitrogen and oxygen atoms in total. The van der Waals surface area contributed by atoms with E-state index in [1.54, 1.807) is 12.4 Å². The largest absolute Gasteiger partial charge is 0.386 e. The third-order valence-corrected chi connectivity index (χ3v) is 2.67. The molecular weight excluding hydrogens is 210 g/mol. The molecule has 0 saturated heterocycles. The average Bonchev–Trinajstić information content (AvgIpc) is 2.40. The van der Waals surface area contributed by atoms with Gasteiger partial charge in [-0.25, -0.2) is 0 Å². The molecule has 1 N–H and O–H groups in total. The molecule has 1 aromatic carbocycles. The summed E-state index contributed by atoms with van der Waals surface area (Å²) in [5.41, 5.74) is 4.17. The van der Waals surface area contributed by atoms with Gasteiger partial charge in [-0.2, -0.15) is 5.26 Å². The van der Waals surface area contributed by atoms with E-state index in [0.29, 0.717) is 6.42 Å². The molecule has 0 aliphatic carbocycles. The summed E-state index contributed by atoms with van der Waals surface area (Å²) in [6.45, 7) is 0. The Hall–Kier alpha value is -2.34. The quantitative estimate of drug-likeness (QED) is 0.870. The number of benzene rings is 1. The Balaban J connectivity index is 2.56. The van der Waals surface area contributed by atoms with Gasteiger partial charge in [0.25, 0.3) is 0 Å². The second kappa shape index (κ2) is 5.13. The van der Waals surface area contributed by atoms with E-state index in [9.17, 15) is 0 Å². The molecule has 0 aliphatic rings. The number of nitriles is 1. The first-order valence-corrected chi connectivity index (χ1v) is 5.44. The zero-order chi connectivity index (χ0) is 12.1. The van der Waals surface area contributed by atoms with Gasteiger partial charge in [0.2, 0.25) is 0 Å². The summed E-state index contributed by atoms with van der Waals surface area (Å²) in [5.74, 6) is 0. The van der Waals surface area contributed by atoms with Crippen molar-refractivity contribution in [2.24, 2.45) is 0 Å². The van der Waals surface area contributed by atoms with Crippen molar-refractivity contribution in [3.8, 4) is 17.2 Å². The molecule has 2 rings (SSSR count). The van der Waals surface area contributed by atoms with Gasteiger partial charge in [0.1, 0.15) is 0 Å². The lowest BCUT2D eigenvalue weighted by Gasteiger charge is -2.11. The van der Waals surface area contributed by atoms with E-state index in [1.807, 2.05) is 37.4 Å². The van der Waals surface area contributed by atoms with Crippen LogP contribution in [0.2, 0.25) is 0 Å². The van der Waals surface area contributed by atoms with Gasteiger partial charge in [0, 0.05) is 18.8 Å². The summed E-state index contributed by atoms with van der Waals surface area (Å²) in [6, 6.07) is 12.1. The Morgan fingerprint density at radius 1 is 1.24 bits per heavy atom. The standard InChI is InChI=1S/C14H13N3/c1-16-14-10-17-9-7-13(14)12-5-3-2-4-11(12)6-8-15/h2-5,7,9-10,16H,6H2,1H3. The maximum atomic E-state index is 8.84. The number of hydrogen-bond acceptors (Lipinski definition) is 3. The Morgan fingerprint density at radius 2 is 2.06 bits per heavy atom. The number of nitrogens with one attached hydrogen (secondary N) is 1. The third kappa shape index (κ3) is 2.26. The zero-order valence-corrected chi connectivity index (χ0v) is 9.64. The minimum Gasteiger partial charge on any atom is -0.386 e. The zero-order valence-electron chi connectivity index (χ0n) is 9.64. The molecule has 0 atom stereocenters. The Morgan fingerprint density at radius 3 is 2.82 bits per heavy atom. The van der Waals surface area contributed by atoms with Crippen LogP contribution < -0.4 is 5.32 Å². The molecule has 2 aromatic rings. The summed E-state index contributed by atoms with van der Waals surface area (Å²) < 4.78 is 0. The highest BCUT2D eigenvalue weighted by Crippen LogP contribution is 2.29. The molecule has 0 spiro atoms. The molecule has 0 amide bonds. The smallest absolute Gasteiger partial charge is 0.0669 e. The van der Waals surface area contributed by atoms with Gasteiger partial charge in [-0.1, -0.05) is 24.3 Å². The highest BCUT2D eigenvalue weighted by molar-refractivity contribution is 5.79. The van der Waals surface area contributed by atoms with Gasteiger partial charge in [-0.05, 0) is 17.2 Å². The molecule has 84 valence electrons. The van der Waals surface area contributed by atoms with Gasteiger partial charge in [-0.15, -0.1) is 0 Å². The van der Waals surface area contributed by atoms with Crippen LogP contribution in [0.5, 0.6) is 0 Å². The van der Waals surface area contributed by atoms with E-state index >= 15 is 0 Å². The fraction of sp³-hybridized carbons (Fsp3) is 0.143. The predicted molar refractivity (Wildman–Crippen MR) is 68.5 cm³/mol. The van der Waals surface area contributed by atoms with Crippen molar-refractivity contribution >= 4 is 5.69 Å². The van der Waals surface area contributed by atoms with Crippen molar-refractivity contribution in [1.29, 1.82) is 5.26 Å². The normalized spacial score (nSPS) is 9.65. The van der Waals surface area contributed by atoms with Crippen LogP contribution in [0.1, 0.15) is 5.56 Å². The molecule has 0 saturated carbocycles. The van der Waals surface area contributed by atoms with Gasteiger partial charge < -0.3 is 5.32 Å². The van der Waals surface area contributed by atoms with Gasteiger partial charge in [0.15, 0.2) is 0 Å². The Bertz CT molecular complexity index is 555. The maximum absolute atomic E-state index is 8.84. The molecule has 3 heteroatoms. The van der Waals surface area contributed by atoms with E-state index in [4.69, 9.17) is 5.26 Å². The lowest BCUT2D eigenvalue weighted by molar-refractivity contribution is 1.25. The van der Waals surface area contributed by atoms with Crippen LogP contribution in [0.4, 0.5) is 5.69 Å². The molecule has 0 unspecified atom stereocenters. The molecule has 0 aliphatic heterocycles. The third-order valence-electron chi connectivity index (χ3n) is 2.67. The van der Waals surface area contributed by atoms with Gasteiger partial charge >= 0.3 is 0 Å². The SMILES string of the molecule is CNc1cnccc1-c1ccccc1CC#N. The number of hydrogen-bond donors (Lipinski definition) is 1. The van der Waals surface area contributed by atoms with E-state index < -0.39 is 0 Å². The van der Waals surface area contributed by atoms with Crippen molar-refractivity contribution in [3.63, 3.8) is 0 Å². The summed E-state index contributed by atoms with van der Waals surface area (Å²) in [4.78, 5) is 4.09. The number of pyridine rings is 1. The van der Waals surface area contributed by atoms with E-state index in [2.05, 4.69) is 16.4 Å². The second-order valence-electron chi connectivity index (χ2n) is 3.66. The number of nitrogens with zero attached hydrogens (tertiary/aromatic N) is 2. The van der Waals surface area contributed by atoms with E-state index in [0.717, 1.165) is 22.4 Å². The lowest BCUT2D eigenvalue weighted by Crippen LogP contribution is -1.95. The van der Waals surface area contributed by atoms with Crippen LogP contribution in [-0.4, -0.2) is 12.0 Å². The first-order chi connectivity index (χ1) is 8.36. The highest BCUT2D eigenvalue weighted by Gasteiger charge is 2.07. The van der Waals surface area contributed by atoms with Crippen molar-refractivity contribution in [3.05, 3.63) is 48.3 Å². The predicted octanol–water partition coefficient (Wildman–Crippen LogP) is 2.86.